The van der Waals surface area contributed by atoms with Crippen LogP contribution in [0.4, 0.5) is 19.0 Å². The summed E-state index contributed by atoms with van der Waals surface area (Å²) < 4.78 is 43.5. The summed E-state index contributed by atoms with van der Waals surface area (Å²) in [4.78, 5) is 21.2. The number of anilines is 1. The number of benzene rings is 1. The van der Waals surface area contributed by atoms with Crippen LogP contribution < -0.4 is 10.6 Å². The van der Waals surface area contributed by atoms with Gasteiger partial charge in [0.15, 0.2) is 11.5 Å². The average molecular weight is 455 g/mol. The normalized spacial score (nSPS) is 17.5. The highest BCUT2D eigenvalue weighted by Gasteiger charge is 2.42. The number of hydrogen-bond acceptors (Lipinski definition) is 5. The summed E-state index contributed by atoms with van der Waals surface area (Å²) in [6, 6.07) is 8.59. The van der Waals surface area contributed by atoms with E-state index in [0.29, 0.717) is 17.0 Å². The minimum Gasteiger partial charge on any atom is -0.330 e. The molecule has 170 valence electrons. The highest BCUT2D eigenvalue weighted by Crippen LogP contribution is 2.31. The van der Waals surface area contributed by atoms with E-state index in [1.807, 2.05) is 18.5 Å². The number of imidazole rings is 2. The van der Waals surface area contributed by atoms with Gasteiger partial charge in [-0.3, -0.25) is 10.1 Å². The van der Waals surface area contributed by atoms with Crippen molar-refractivity contribution in [2.24, 2.45) is 7.05 Å². The number of carbonyl (C=O) groups excluding carboxylic acids is 1. The largest absolute Gasteiger partial charge is 0.330 e. The minimum atomic E-state index is -2.90. The summed E-state index contributed by atoms with van der Waals surface area (Å²) in [5, 5.41) is 9.69. The monoisotopic (exact) mass is 455 g/mol. The first-order valence-electron chi connectivity index (χ1n) is 10.3. The molecule has 1 aliphatic rings. The number of aryl methyl sites for hydroxylation is 1. The van der Waals surface area contributed by atoms with Gasteiger partial charge in [0.1, 0.15) is 17.3 Å². The van der Waals surface area contributed by atoms with Gasteiger partial charge in [-0.1, -0.05) is 0 Å². The topological polar surface area (TPSA) is 89.1 Å². The summed E-state index contributed by atoms with van der Waals surface area (Å²) in [6.45, 7) is 1.34. The smallest absolute Gasteiger partial charge is 0.262 e. The molecule has 11 heteroatoms. The third kappa shape index (κ3) is 3.95. The zero-order valence-corrected chi connectivity index (χ0v) is 17.8. The van der Waals surface area contributed by atoms with E-state index in [9.17, 15) is 18.0 Å². The van der Waals surface area contributed by atoms with Crippen molar-refractivity contribution in [3.05, 3.63) is 54.2 Å². The average Bonchev–Trinajstić information content (AvgIpc) is 3.43. The fourth-order valence-corrected chi connectivity index (χ4v) is 3.90. The number of fused-ring (bicyclic) bond motifs is 1. The maximum Gasteiger partial charge on any atom is 0.262 e. The number of nitrogens with one attached hydrogen (secondary N) is 2. The molecule has 0 unspecified atom stereocenters. The first-order chi connectivity index (χ1) is 15.7. The van der Waals surface area contributed by atoms with Crippen molar-refractivity contribution < 1.29 is 18.0 Å². The van der Waals surface area contributed by atoms with Gasteiger partial charge in [-0.25, -0.2) is 27.7 Å². The van der Waals surface area contributed by atoms with Crippen LogP contribution in [-0.4, -0.2) is 48.6 Å². The molecule has 5 rings (SSSR count). The molecule has 1 aromatic carbocycles. The van der Waals surface area contributed by atoms with E-state index in [-0.39, 0.29) is 11.6 Å². The second-order valence-corrected chi connectivity index (χ2v) is 8.05. The number of rotatable bonds is 4. The number of nitrogens with zero attached hydrogens (tertiary/aromatic N) is 5. The fraction of sp³-hybridized carbons (Fsp3) is 0.273. The molecule has 1 aliphatic heterocycles. The van der Waals surface area contributed by atoms with E-state index in [1.165, 1.54) is 22.8 Å². The number of alkyl halides is 2. The Balaban J connectivity index is 1.46. The molecule has 0 bridgehead atoms. The van der Waals surface area contributed by atoms with Crippen molar-refractivity contribution in [3.63, 3.8) is 0 Å². The second-order valence-electron chi connectivity index (χ2n) is 8.05. The highest BCUT2D eigenvalue weighted by molar-refractivity contribution is 5.94. The maximum atomic E-state index is 13.4. The Morgan fingerprint density at radius 3 is 2.64 bits per heavy atom. The second kappa shape index (κ2) is 7.69. The molecule has 2 N–H and O–H groups in total. The van der Waals surface area contributed by atoms with Crippen molar-refractivity contribution in [1.82, 2.24) is 29.5 Å². The van der Waals surface area contributed by atoms with Crippen LogP contribution in [0.2, 0.25) is 0 Å². The molecular formula is C22H20F3N7O. The summed E-state index contributed by atoms with van der Waals surface area (Å²) in [5.74, 6) is -2.85. The summed E-state index contributed by atoms with van der Waals surface area (Å²) in [5.41, 5.74) is 3.20. The zero-order chi connectivity index (χ0) is 23.3. The molecule has 1 saturated heterocycles. The number of hydrogen-bond donors (Lipinski definition) is 2. The standard InChI is InChI=1S/C22H20F3N7O/c1-12-27-19(13-3-5-14(23)6-4-13)20(31(12)2)15-7-8-18-28-17(10-32(18)30-15)29-21(33)16-9-22(24,25)11-26-16/h3-8,10,16,26H,9,11H2,1-2H3,(H,29,33)/t16-/m0/s1. The molecule has 4 aromatic rings. The van der Waals surface area contributed by atoms with Gasteiger partial charge in [0, 0.05) is 19.0 Å². The molecule has 0 spiro atoms. The van der Waals surface area contributed by atoms with Gasteiger partial charge >= 0.3 is 0 Å². The Morgan fingerprint density at radius 2 is 1.94 bits per heavy atom. The fourth-order valence-electron chi connectivity index (χ4n) is 3.90. The predicted molar refractivity (Wildman–Crippen MR) is 115 cm³/mol. The molecule has 0 radical (unpaired) electrons. The summed E-state index contributed by atoms with van der Waals surface area (Å²) in [6.07, 6.45) is 0.964. The third-order valence-electron chi connectivity index (χ3n) is 5.68. The van der Waals surface area contributed by atoms with E-state index >= 15 is 0 Å². The Kier molecular flexibility index (Phi) is 4.93. The molecule has 4 heterocycles. The van der Waals surface area contributed by atoms with Gasteiger partial charge in [-0.05, 0) is 43.3 Å². The van der Waals surface area contributed by atoms with Gasteiger partial charge < -0.3 is 9.88 Å². The summed E-state index contributed by atoms with van der Waals surface area (Å²) in [7, 11) is 1.86. The number of aromatic nitrogens is 5. The van der Waals surface area contributed by atoms with Crippen molar-refractivity contribution in [1.29, 1.82) is 0 Å². The van der Waals surface area contributed by atoms with Crippen LogP contribution >= 0.6 is 0 Å². The van der Waals surface area contributed by atoms with Crippen LogP contribution in [0, 0.1) is 12.7 Å². The van der Waals surface area contributed by atoms with Crippen LogP contribution in [-0.2, 0) is 11.8 Å². The minimum absolute atomic E-state index is 0.210. The van der Waals surface area contributed by atoms with Crippen molar-refractivity contribution in [3.8, 4) is 22.6 Å². The van der Waals surface area contributed by atoms with Crippen LogP contribution in [0.15, 0.2) is 42.6 Å². The Morgan fingerprint density at radius 1 is 1.18 bits per heavy atom. The lowest BCUT2D eigenvalue weighted by Crippen LogP contribution is -2.35. The van der Waals surface area contributed by atoms with Crippen LogP contribution in [0.25, 0.3) is 28.3 Å². The number of amides is 1. The first-order valence-corrected chi connectivity index (χ1v) is 10.3. The van der Waals surface area contributed by atoms with Gasteiger partial charge in [0.25, 0.3) is 5.92 Å². The third-order valence-corrected chi connectivity index (χ3v) is 5.68. The molecular weight excluding hydrogens is 435 g/mol. The molecule has 33 heavy (non-hydrogen) atoms. The van der Waals surface area contributed by atoms with E-state index in [0.717, 1.165) is 17.1 Å². The van der Waals surface area contributed by atoms with Crippen molar-refractivity contribution in [2.75, 3.05) is 11.9 Å². The van der Waals surface area contributed by atoms with Gasteiger partial charge in [-0.2, -0.15) is 5.10 Å². The number of carbonyl (C=O) groups is 1. The van der Waals surface area contributed by atoms with Gasteiger partial charge in [0.05, 0.1) is 30.2 Å². The van der Waals surface area contributed by atoms with E-state index < -0.39 is 30.8 Å². The molecule has 1 amide bonds. The Labute approximate surface area is 186 Å². The maximum absolute atomic E-state index is 13.4. The van der Waals surface area contributed by atoms with Crippen molar-refractivity contribution >= 4 is 17.4 Å². The van der Waals surface area contributed by atoms with E-state index in [2.05, 4.69) is 25.7 Å². The predicted octanol–water partition coefficient (Wildman–Crippen LogP) is 3.18. The Bertz CT molecular complexity index is 1360. The lowest BCUT2D eigenvalue weighted by molar-refractivity contribution is -0.118. The van der Waals surface area contributed by atoms with Crippen molar-refractivity contribution in [2.45, 2.75) is 25.3 Å². The van der Waals surface area contributed by atoms with Crippen LogP contribution in [0.5, 0.6) is 0 Å². The molecule has 1 fully saturated rings. The van der Waals surface area contributed by atoms with Gasteiger partial charge in [0.2, 0.25) is 5.91 Å². The lowest BCUT2D eigenvalue weighted by atomic mass is 10.1. The Hall–Kier alpha value is -3.73. The highest BCUT2D eigenvalue weighted by atomic mass is 19.3. The van der Waals surface area contributed by atoms with E-state index in [1.54, 1.807) is 24.3 Å². The molecule has 1 atom stereocenters. The molecule has 8 nitrogen and oxygen atoms in total. The SMILES string of the molecule is Cc1nc(-c2ccc(F)cc2)c(-c2ccc3nc(NC(=O)[C@@H]4CC(F)(F)CN4)cn3n2)n1C. The van der Waals surface area contributed by atoms with Crippen LogP contribution in [0.1, 0.15) is 12.2 Å². The molecule has 0 aliphatic carbocycles. The number of halogens is 3. The van der Waals surface area contributed by atoms with Gasteiger partial charge in [-0.15, -0.1) is 0 Å². The van der Waals surface area contributed by atoms with Crippen LogP contribution in [0.3, 0.4) is 0 Å². The molecule has 3 aromatic heterocycles. The molecule has 0 saturated carbocycles. The first kappa shape index (κ1) is 21.1. The quantitative estimate of drug-likeness (QED) is 0.494. The lowest BCUT2D eigenvalue weighted by Gasteiger charge is -2.09. The van der Waals surface area contributed by atoms with E-state index in [4.69, 9.17) is 0 Å². The zero-order valence-electron chi connectivity index (χ0n) is 17.8. The summed E-state index contributed by atoms with van der Waals surface area (Å²) >= 11 is 0.